The molecule has 3 aromatic rings. The van der Waals surface area contributed by atoms with Crippen molar-refractivity contribution in [3.8, 4) is 29.1 Å². The highest BCUT2D eigenvalue weighted by molar-refractivity contribution is 5.65. The molecule has 2 heterocycles. The summed E-state index contributed by atoms with van der Waals surface area (Å²) in [4.78, 5) is 14.6. The average Bonchev–Trinajstić information content (AvgIpc) is 2.80. The first-order valence-electron chi connectivity index (χ1n) is 9.79. The molecule has 1 atom stereocenters. The van der Waals surface area contributed by atoms with Crippen molar-refractivity contribution in [2.75, 3.05) is 10.6 Å². The summed E-state index contributed by atoms with van der Waals surface area (Å²) in [5, 5.41) is 35.5. The molecule has 1 aliphatic heterocycles. The Morgan fingerprint density at radius 3 is 2.42 bits per heavy atom. The lowest BCUT2D eigenvalue weighted by atomic mass is 10.2. The number of nitrogens with zero attached hydrogens (tertiary/aromatic N) is 3. The zero-order chi connectivity index (χ0) is 26.1. The van der Waals surface area contributed by atoms with Gasteiger partial charge < -0.3 is 30.0 Å². The highest BCUT2D eigenvalue weighted by atomic mass is 19.3. The number of nitro benzene ring substituents is 1. The second-order valence-corrected chi connectivity index (χ2v) is 7.12. The van der Waals surface area contributed by atoms with Gasteiger partial charge in [0.1, 0.15) is 28.9 Å². The standard InChI is InChI=1S/C21H13F4N5O6/c22-20(23)21(24,25)36-18-8-11(1-4-17(18)35-20)28-19(31)29-15-3-2-13(9-16(15)30(32)33)34-14-5-6-27-12(7-14)10-26/h1-9,19,28-29,31H. The topological polar surface area (TPSA) is 152 Å². The second kappa shape index (κ2) is 9.07. The van der Waals surface area contributed by atoms with Gasteiger partial charge in [-0.2, -0.15) is 22.8 Å². The third-order valence-corrected chi connectivity index (χ3v) is 4.60. The van der Waals surface area contributed by atoms with Crippen molar-refractivity contribution in [1.29, 1.82) is 5.26 Å². The van der Waals surface area contributed by atoms with Crippen LogP contribution in [0, 0.1) is 21.4 Å². The molecule has 1 aliphatic rings. The Morgan fingerprint density at radius 1 is 1.03 bits per heavy atom. The molecule has 0 aliphatic carbocycles. The van der Waals surface area contributed by atoms with Crippen molar-refractivity contribution < 1.29 is 41.8 Å². The minimum atomic E-state index is -4.92. The molecule has 1 aromatic heterocycles. The zero-order valence-corrected chi connectivity index (χ0v) is 17.6. The van der Waals surface area contributed by atoms with Crippen LogP contribution in [0.1, 0.15) is 5.69 Å². The van der Waals surface area contributed by atoms with E-state index in [1.165, 1.54) is 30.5 Å². The van der Waals surface area contributed by atoms with Gasteiger partial charge in [0, 0.05) is 24.0 Å². The first-order chi connectivity index (χ1) is 17.0. The number of aliphatic hydroxyl groups is 1. The molecule has 0 fully saturated rings. The van der Waals surface area contributed by atoms with Crippen LogP contribution in [-0.2, 0) is 0 Å². The highest BCUT2D eigenvalue weighted by Gasteiger charge is 2.65. The molecule has 1 unspecified atom stereocenters. The average molecular weight is 507 g/mol. The predicted octanol–water partition coefficient (Wildman–Crippen LogP) is 4.41. The lowest BCUT2D eigenvalue weighted by Crippen LogP contribution is -2.52. The fraction of sp³-hybridized carbons (Fsp3) is 0.143. The van der Waals surface area contributed by atoms with Crippen molar-refractivity contribution in [1.82, 2.24) is 4.98 Å². The van der Waals surface area contributed by atoms with E-state index < -0.39 is 40.7 Å². The number of hydrogen-bond donors (Lipinski definition) is 3. The van der Waals surface area contributed by atoms with Crippen molar-refractivity contribution in [2.24, 2.45) is 0 Å². The fourth-order valence-corrected chi connectivity index (χ4v) is 3.02. The van der Waals surface area contributed by atoms with Gasteiger partial charge in [-0.1, -0.05) is 0 Å². The molecular weight excluding hydrogens is 494 g/mol. The van der Waals surface area contributed by atoms with Crippen LogP contribution >= 0.6 is 0 Å². The van der Waals surface area contributed by atoms with E-state index >= 15 is 0 Å². The summed E-state index contributed by atoms with van der Waals surface area (Å²) < 4.78 is 66.8. The van der Waals surface area contributed by atoms with E-state index in [0.29, 0.717) is 0 Å². The molecule has 2 aromatic carbocycles. The third kappa shape index (κ3) is 4.98. The van der Waals surface area contributed by atoms with Crippen LogP contribution in [-0.4, -0.2) is 33.6 Å². The number of anilines is 2. The number of halogens is 4. The van der Waals surface area contributed by atoms with Gasteiger partial charge in [-0.3, -0.25) is 10.1 Å². The molecule has 186 valence electrons. The number of nitro groups is 1. The quantitative estimate of drug-likeness (QED) is 0.181. The van der Waals surface area contributed by atoms with Gasteiger partial charge in [-0.15, -0.1) is 0 Å². The molecule has 4 rings (SSSR count). The van der Waals surface area contributed by atoms with Gasteiger partial charge in [0.15, 0.2) is 11.5 Å². The number of rotatable bonds is 7. The van der Waals surface area contributed by atoms with Crippen molar-refractivity contribution >= 4 is 17.1 Å². The van der Waals surface area contributed by atoms with E-state index in [0.717, 1.165) is 24.3 Å². The summed E-state index contributed by atoms with van der Waals surface area (Å²) in [6.45, 7) is 0. The molecule has 0 saturated carbocycles. The van der Waals surface area contributed by atoms with Crippen molar-refractivity contribution in [2.45, 2.75) is 18.6 Å². The number of fused-ring (bicyclic) bond motifs is 1. The summed E-state index contributed by atoms with van der Waals surface area (Å²) in [5.41, 5.74) is -0.631. The summed E-state index contributed by atoms with van der Waals surface area (Å²) in [7, 11) is 0. The van der Waals surface area contributed by atoms with Crippen LogP contribution < -0.4 is 24.8 Å². The van der Waals surface area contributed by atoms with Crippen LogP contribution in [0.15, 0.2) is 54.7 Å². The van der Waals surface area contributed by atoms with Gasteiger partial charge in [0.25, 0.3) is 5.69 Å². The SMILES string of the molecule is N#Cc1cc(Oc2ccc(NC(O)Nc3ccc4c(c3)OC(F)(F)C(F)(F)O4)c([N+](=O)[O-])c2)ccn1. The number of aromatic nitrogens is 1. The maximum absolute atomic E-state index is 13.4. The molecule has 0 spiro atoms. The van der Waals surface area contributed by atoms with E-state index in [9.17, 15) is 32.8 Å². The van der Waals surface area contributed by atoms with Gasteiger partial charge in [0.2, 0.25) is 6.35 Å². The lowest BCUT2D eigenvalue weighted by Gasteiger charge is -2.32. The first kappa shape index (κ1) is 24.3. The molecule has 0 bridgehead atoms. The number of benzene rings is 2. The van der Waals surface area contributed by atoms with Gasteiger partial charge in [-0.05, 0) is 30.3 Å². The minimum Gasteiger partial charge on any atom is -0.457 e. The van der Waals surface area contributed by atoms with E-state index in [1.807, 2.05) is 6.07 Å². The van der Waals surface area contributed by atoms with E-state index in [1.54, 1.807) is 0 Å². The van der Waals surface area contributed by atoms with Gasteiger partial charge in [-0.25, -0.2) is 4.98 Å². The Morgan fingerprint density at radius 2 is 1.72 bits per heavy atom. The smallest absolute Gasteiger partial charge is 0.457 e. The monoisotopic (exact) mass is 507 g/mol. The lowest BCUT2D eigenvalue weighted by molar-refractivity contribution is -0.391. The Balaban J connectivity index is 1.48. The number of nitriles is 1. The molecule has 36 heavy (non-hydrogen) atoms. The normalized spacial score (nSPS) is 15.8. The second-order valence-electron chi connectivity index (χ2n) is 7.12. The molecule has 0 radical (unpaired) electrons. The number of hydrogen-bond acceptors (Lipinski definition) is 10. The van der Waals surface area contributed by atoms with E-state index in [4.69, 9.17) is 10.00 Å². The molecule has 3 N–H and O–H groups in total. The Bertz CT molecular complexity index is 1370. The number of alkyl halides is 4. The summed E-state index contributed by atoms with van der Waals surface area (Å²) in [6, 6.07) is 11.2. The van der Waals surface area contributed by atoms with E-state index in [2.05, 4.69) is 25.1 Å². The number of aliphatic hydroxyl groups excluding tert-OH is 1. The highest BCUT2D eigenvalue weighted by Crippen LogP contribution is 2.47. The number of nitrogens with one attached hydrogen (secondary N) is 2. The summed E-state index contributed by atoms with van der Waals surface area (Å²) in [5.74, 6) is -1.11. The minimum absolute atomic E-state index is 0.0503. The molecular formula is C21H13F4N5O6. The fourth-order valence-electron chi connectivity index (χ4n) is 3.02. The Hall–Kier alpha value is -4.84. The first-order valence-corrected chi connectivity index (χ1v) is 9.79. The van der Waals surface area contributed by atoms with Crippen molar-refractivity contribution in [3.63, 3.8) is 0 Å². The molecule has 0 amide bonds. The maximum Gasteiger partial charge on any atom is 0.507 e. The molecule has 0 saturated heterocycles. The summed E-state index contributed by atoms with van der Waals surface area (Å²) >= 11 is 0. The summed E-state index contributed by atoms with van der Waals surface area (Å²) in [6.07, 6.45) is -10.2. The Labute approximate surface area is 198 Å². The Kier molecular flexibility index (Phi) is 6.12. The predicted molar refractivity (Wildman–Crippen MR) is 113 cm³/mol. The van der Waals surface area contributed by atoms with Gasteiger partial charge >= 0.3 is 12.2 Å². The number of pyridine rings is 1. The largest absolute Gasteiger partial charge is 0.507 e. The third-order valence-electron chi connectivity index (χ3n) is 4.60. The van der Waals surface area contributed by atoms with Crippen LogP contribution in [0.2, 0.25) is 0 Å². The van der Waals surface area contributed by atoms with E-state index in [-0.39, 0.29) is 28.6 Å². The number of ether oxygens (including phenoxy) is 3. The van der Waals surface area contributed by atoms with Crippen LogP contribution in [0.4, 0.5) is 34.6 Å². The van der Waals surface area contributed by atoms with Crippen molar-refractivity contribution in [3.05, 3.63) is 70.5 Å². The maximum atomic E-state index is 13.4. The van der Waals surface area contributed by atoms with Crippen LogP contribution in [0.5, 0.6) is 23.0 Å². The van der Waals surface area contributed by atoms with Gasteiger partial charge in [0.05, 0.1) is 11.0 Å². The van der Waals surface area contributed by atoms with Crippen LogP contribution in [0.3, 0.4) is 0 Å². The molecule has 15 heteroatoms. The zero-order valence-electron chi connectivity index (χ0n) is 17.6. The van der Waals surface area contributed by atoms with Crippen LogP contribution in [0.25, 0.3) is 0 Å². The molecule has 11 nitrogen and oxygen atoms in total.